The first-order valence-electron chi connectivity index (χ1n) is 26.7. The molecule has 6 heterocycles. The Morgan fingerprint density at radius 1 is 0.592 bits per heavy atom. The SMILES string of the molecule is C#CCN1CCN[C@@H](C(=O)N2CCN(c3ccc(Cl)c(Cl)c3)CC2)C1.C=C(C)CN1CCN[C@@H](C(=O)N2CCN(c3ccc(Cl)c(Cl)c3)CC2)C1.CC(C)N1CCN[C@@H](C(=O)N2CCN(c3cccc(Cl)c3)CC2C)C1. The monoisotopic (exact) mass is 1140 g/mol. The van der Waals surface area contributed by atoms with Gasteiger partial charge < -0.3 is 45.3 Å². The minimum atomic E-state index is -0.168. The Labute approximate surface area is 476 Å². The second-order valence-corrected chi connectivity index (χ2v) is 22.9. The van der Waals surface area contributed by atoms with Crippen molar-refractivity contribution in [2.24, 2.45) is 0 Å². The zero-order valence-electron chi connectivity index (χ0n) is 44.6. The molecule has 76 heavy (non-hydrogen) atoms. The molecule has 1 unspecified atom stereocenters. The van der Waals surface area contributed by atoms with Crippen molar-refractivity contribution in [3.63, 3.8) is 0 Å². The van der Waals surface area contributed by atoms with Crippen molar-refractivity contribution in [3.05, 3.63) is 97.9 Å². The summed E-state index contributed by atoms with van der Waals surface area (Å²) < 4.78 is 0. The Bertz CT molecular complexity index is 2480. The number of terminal acetylenes is 1. The summed E-state index contributed by atoms with van der Waals surface area (Å²) in [5.41, 5.74) is 4.36. The standard InChI is InChI=1S/C19H26Cl2N4O.C19H29ClN4O.C18H22Cl2N4O/c1-14(2)12-23-6-5-22-18(13-23)19(26)25-9-7-24(8-10-25)15-3-4-16(20)17(21)11-15;1-14(2)22-8-7-21-18(13-22)19(25)24-10-9-23(12-15(24)3)17-6-4-5-16(20)11-17;1-2-6-22-7-5-21-17(13-22)18(25)24-10-8-23(9-11-24)14-3-4-15(19)16(20)12-14/h3-4,11,18,22H,1,5-10,12-13H2,2H3;4-6,11,14-15,18,21H,7-10,12-13H2,1-3H3;1,3-4,12,17,21H,5-11,13H2/t18-;15?,18-;17-/m111/s1. The van der Waals surface area contributed by atoms with Crippen LogP contribution in [-0.2, 0) is 14.4 Å². The van der Waals surface area contributed by atoms with Crippen LogP contribution >= 0.6 is 58.0 Å². The molecule has 9 rings (SSSR count). The number of rotatable bonds is 10. The van der Waals surface area contributed by atoms with E-state index in [4.69, 9.17) is 64.4 Å². The molecule has 3 N–H and O–H groups in total. The number of hydrogen-bond acceptors (Lipinski definition) is 12. The molecule has 0 bridgehead atoms. The number of anilines is 3. The maximum absolute atomic E-state index is 13.0. The highest BCUT2D eigenvalue weighted by molar-refractivity contribution is 6.42. The van der Waals surface area contributed by atoms with Crippen molar-refractivity contribution < 1.29 is 14.4 Å². The van der Waals surface area contributed by atoms with Crippen molar-refractivity contribution >= 4 is 92.8 Å². The summed E-state index contributed by atoms with van der Waals surface area (Å²) in [7, 11) is 0. The first-order valence-corrected chi connectivity index (χ1v) is 28.6. The number of piperazine rings is 6. The van der Waals surface area contributed by atoms with Gasteiger partial charge in [0.2, 0.25) is 17.7 Å². The second kappa shape index (κ2) is 28.7. The average molecular weight is 1140 g/mol. The Morgan fingerprint density at radius 3 is 1.57 bits per heavy atom. The van der Waals surface area contributed by atoms with E-state index < -0.39 is 0 Å². The zero-order valence-corrected chi connectivity index (χ0v) is 48.4. The molecule has 6 fully saturated rings. The molecule has 6 aliphatic rings. The van der Waals surface area contributed by atoms with Crippen LogP contribution in [0.25, 0.3) is 0 Å². The highest BCUT2D eigenvalue weighted by atomic mass is 35.5. The Hall–Kier alpha value is -4.02. The van der Waals surface area contributed by atoms with Crippen LogP contribution in [0.5, 0.6) is 0 Å². The van der Waals surface area contributed by atoms with Gasteiger partial charge in [-0.15, -0.1) is 6.42 Å². The molecule has 6 aliphatic heterocycles. The lowest BCUT2D eigenvalue weighted by Crippen LogP contribution is -2.63. The van der Waals surface area contributed by atoms with Gasteiger partial charge in [0, 0.05) is 172 Å². The molecule has 0 radical (unpaired) electrons. The minimum absolute atomic E-state index is 0.0867. The maximum atomic E-state index is 13.0. The Morgan fingerprint density at radius 2 is 1.08 bits per heavy atom. The number of nitrogens with zero attached hydrogens (tertiary/aromatic N) is 9. The van der Waals surface area contributed by atoms with Gasteiger partial charge in [0.15, 0.2) is 0 Å². The van der Waals surface area contributed by atoms with Crippen LogP contribution < -0.4 is 30.7 Å². The highest BCUT2D eigenvalue weighted by Gasteiger charge is 2.36. The van der Waals surface area contributed by atoms with Crippen LogP contribution in [0.3, 0.4) is 0 Å². The highest BCUT2D eigenvalue weighted by Crippen LogP contribution is 2.30. The smallest absolute Gasteiger partial charge is 0.241 e. The lowest BCUT2D eigenvalue weighted by atomic mass is 10.1. The quantitative estimate of drug-likeness (QED) is 0.161. The van der Waals surface area contributed by atoms with Gasteiger partial charge in [0.1, 0.15) is 0 Å². The minimum Gasteiger partial charge on any atom is -0.368 e. The molecule has 0 saturated carbocycles. The van der Waals surface area contributed by atoms with Crippen LogP contribution in [-0.4, -0.2) is 221 Å². The summed E-state index contributed by atoms with van der Waals surface area (Å²) in [5, 5.41) is 13.1. The number of carbonyl (C=O) groups is 3. The first-order chi connectivity index (χ1) is 36.5. The van der Waals surface area contributed by atoms with Crippen LogP contribution in [0.2, 0.25) is 25.1 Å². The van der Waals surface area contributed by atoms with Crippen molar-refractivity contribution in [1.29, 1.82) is 0 Å². The third-order valence-electron chi connectivity index (χ3n) is 15.0. The fourth-order valence-electron chi connectivity index (χ4n) is 10.7. The Balaban J connectivity index is 0.000000166. The van der Waals surface area contributed by atoms with Gasteiger partial charge in [-0.05, 0) is 82.3 Å². The molecule has 4 atom stereocenters. The number of amides is 3. The summed E-state index contributed by atoms with van der Waals surface area (Å²) >= 11 is 30.3. The van der Waals surface area contributed by atoms with E-state index in [0.29, 0.717) is 52.3 Å². The van der Waals surface area contributed by atoms with Gasteiger partial charge in [-0.25, -0.2) is 0 Å². The maximum Gasteiger partial charge on any atom is 0.241 e. The van der Waals surface area contributed by atoms with Gasteiger partial charge in [0.05, 0.1) is 44.8 Å². The van der Waals surface area contributed by atoms with Gasteiger partial charge in [-0.2, -0.15) is 0 Å². The van der Waals surface area contributed by atoms with Crippen LogP contribution in [0.1, 0.15) is 27.7 Å². The molecule has 6 saturated heterocycles. The molecule has 414 valence electrons. The summed E-state index contributed by atoms with van der Waals surface area (Å²) in [5.74, 6) is 3.26. The van der Waals surface area contributed by atoms with E-state index in [2.05, 4.69) is 84.7 Å². The third-order valence-corrected chi connectivity index (χ3v) is 16.7. The number of hydrogen-bond donors (Lipinski definition) is 3. The van der Waals surface area contributed by atoms with Crippen LogP contribution in [0, 0.1) is 12.3 Å². The molecule has 15 nitrogen and oxygen atoms in total. The first kappa shape index (κ1) is 59.6. The molecule has 0 aliphatic carbocycles. The predicted molar refractivity (Wildman–Crippen MR) is 314 cm³/mol. The van der Waals surface area contributed by atoms with Gasteiger partial charge in [0.25, 0.3) is 0 Å². The van der Waals surface area contributed by atoms with Crippen LogP contribution in [0.4, 0.5) is 17.1 Å². The normalized spacial score (nSPS) is 23.0. The molecule has 3 aromatic carbocycles. The molecule has 0 spiro atoms. The molecular formula is C56H77Cl5N12O3. The Kier molecular flexibility index (Phi) is 22.6. The lowest BCUT2D eigenvalue weighted by Gasteiger charge is -2.44. The zero-order chi connectivity index (χ0) is 54.5. The van der Waals surface area contributed by atoms with Gasteiger partial charge in [-0.1, -0.05) is 82.1 Å². The summed E-state index contributed by atoms with van der Waals surface area (Å²) in [4.78, 5) is 58.2. The van der Waals surface area contributed by atoms with Gasteiger partial charge >= 0.3 is 0 Å². The van der Waals surface area contributed by atoms with E-state index in [1.54, 1.807) is 0 Å². The van der Waals surface area contributed by atoms with Crippen molar-refractivity contribution in [2.45, 2.75) is 57.9 Å². The molecule has 0 aromatic heterocycles. The largest absolute Gasteiger partial charge is 0.368 e. The molecular weight excluding hydrogens is 1070 g/mol. The number of halogens is 5. The fourth-order valence-corrected chi connectivity index (χ4v) is 11.5. The fraction of sp³-hybridized carbons (Fsp3) is 0.554. The van der Waals surface area contributed by atoms with E-state index >= 15 is 0 Å². The van der Waals surface area contributed by atoms with Crippen molar-refractivity contribution in [3.8, 4) is 12.3 Å². The summed E-state index contributed by atoms with van der Waals surface area (Å²) in [6.45, 7) is 30.0. The van der Waals surface area contributed by atoms with E-state index in [1.807, 2.05) is 76.2 Å². The number of nitrogens with one attached hydrogen (secondary N) is 3. The number of carbonyl (C=O) groups excluding carboxylic acids is 3. The average Bonchev–Trinajstić information content (AvgIpc) is 3.42. The van der Waals surface area contributed by atoms with Gasteiger partial charge in [-0.3, -0.25) is 29.1 Å². The van der Waals surface area contributed by atoms with Crippen molar-refractivity contribution in [1.82, 2.24) is 45.3 Å². The third kappa shape index (κ3) is 16.5. The summed E-state index contributed by atoms with van der Waals surface area (Å²) in [6.07, 6.45) is 5.38. The summed E-state index contributed by atoms with van der Waals surface area (Å²) in [6, 6.07) is 19.6. The molecule has 20 heteroatoms. The number of benzene rings is 3. The van der Waals surface area contributed by atoms with E-state index in [9.17, 15) is 14.4 Å². The molecule has 3 aromatic rings. The van der Waals surface area contributed by atoms with E-state index in [-0.39, 0.29) is 41.9 Å². The van der Waals surface area contributed by atoms with E-state index in [0.717, 1.165) is 145 Å². The molecule has 3 amide bonds. The lowest BCUT2D eigenvalue weighted by molar-refractivity contribution is -0.137. The second-order valence-electron chi connectivity index (χ2n) is 20.9. The topological polar surface area (TPSA) is 116 Å². The predicted octanol–water partition coefficient (Wildman–Crippen LogP) is 6.10. The van der Waals surface area contributed by atoms with Crippen molar-refractivity contribution in [2.75, 3.05) is 159 Å². The van der Waals surface area contributed by atoms with E-state index in [1.165, 1.54) is 0 Å². The van der Waals surface area contributed by atoms with Crippen LogP contribution in [0.15, 0.2) is 72.8 Å².